The van der Waals surface area contributed by atoms with Crippen molar-refractivity contribution in [2.24, 2.45) is 0 Å². The molecule has 0 aromatic heterocycles. The molecule has 1 aliphatic heterocycles. The highest BCUT2D eigenvalue weighted by molar-refractivity contribution is 6.30. The lowest BCUT2D eigenvalue weighted by atomic mass is 10.1. The number of nitrogens with zero attached hydrogens (tertiary/aromatic N) is 2. The van der Waals surface area contributed by atoms with Crippen molar-refractivity contribution < 1.29 is 9.59 Å². The summed E-state index contributed by atoms with van der Waals surface area (Å²) >= 11 is 5.95. The van der Waals surface area contributed by atoms with E-state index in [0.717, 1.165) is 5.56 Å². The first-order valence-electron chi connectivity index (χ1n) is 8.00. The van der Waals surface area contributed by atoms with Crippen molar-refractivity contribution >= 4 is 23.4 Å². The second-order valence-corrected chi connectivity index (χ2v) is 6.28. The molecular weight excluding hydrogens is 324 g/mol. The van der Waals surface area contributed by atoms with Crippen molar-refractivity contribution in [3.05, 3.63) is 70.7 Å². The van der Waals surface area contributed by atoms with E-state index in [2.05, 4.69) is 0 Å². The van der Waals surface area contributed by atoms with Gasteiger partial charge in [-0.25, -0.2) is 0 Å². The number of carbonyl (C=O) groups excluding carboxylic acids is 2. The van der Waals surface area contributed by atoms with Crippen LogP contribution in [0, 0.1) is 0 Å². The highest BCUT2D eigenvalue weighted by Gasteiger charge is 2.24. The highest BCUT2D eigenvalue weighted by atomic mass is 35.5. The van der Waals surface area contributed by atoms with Crippen LogP contribution in [0.15, 0.2) is 54.6 Å². The SMILES string of the molecule is O=C(Cc1ccccc1)N1CCN(C(=O)c2cccc(Cl)c2)CC1. The molecule has 1 saturated heterocycles. The monoisotopic (exact) mass is 342 g/mol. The predicted octanol–water partition coefficient (Wildman–Crippen LogP) is 2.87. The van der Waals surface area contributed by atoms with Crippen LogP contribution in [0.3, 0.4) is 0 Å². The van der Waals surface area contributed by atoms with Gasteiger partial charge in [-0.1, -0.05) is 48.0 Å². The van der Waals surface area contributed by atoms with Gasteiger partial charge in [0, 0.05) is 36.8 Å². The third kappa shape index (κ3) is 3.95. The van der Waals surface area contributed by atoms with Crippen molar-refractivity contribution in [2.45, 2.75) is 6.42 Å². The van der Waals surface area contributed by atoms with Crippen LogP contribution in [-0.2, 0) is 11.2 Å². The molecule has 24 heavy (non-hydrogen) atoms. The van der Waals surface area contributed by atoms with Gasteiger partial charge >= 0.3 is 0 Å². The predicted molar refractivity (Wildman–Crippen MR) is 94.1 cm³/mol. The van der Waals surface area contributed by atoms with Crippen LogP contribution in [-0.4, -0.2) is 47.8 Å². The first-order valence-corrected chi connectivity index (χ1v) is 8.38. The molecule has 2 aromatic rings. The molecule has 0 radical (unpaired) electrons. The van der Waals surface area contributed by atoms with Gasteiger partial charge in [-0.05, 0) is 23.8 Å². The second kappa shape index (κ2) is 7.49. The maximum Gasteiger partial charge on any atom is 0.254 e. The molecule has 0 unspecified atom stereocenters. The zero-order valence-corrected chi connectivity index (χ0v) is 14.1. The Morgan fingerprint density at radius 1 is 0.875 bits per heavy atom. The molecule has 1 heterocycles. The zero-order valence-electron chi connectivity index (χ0n) is 13.3. The minimum Gasteiger partial charge on any atom is -0.339 e. The van der Waals surface area contributed by atoms with Gasteiger partial charge in [-0.3, -0.25) is 9.59 Å². The van der Waals surface area contributed by atoms with Gasteiger partial charge in [0.05, 0.1) is 6.42 Å². The molecule has 0 aliphatic carbocycles. The van der Waals surface area contributed by atoms with E-state index in [4.69, 9.17) is 11.6 Å². The van der Waals surface area contributed by atoms with Crippen LogP contribution in [0.25, 0.3) is 0 Å². The quantitative estimate of drug-likeness (QED) is 0.860. The summed E-state index contributed by atoms with van der Waals surface area (Å²) in [6, 6.07) is 16.7. The van der Waals surface area contributed by atoms with Gasteiger partial charge in [0.1, 0.15) is 0 Å². The van der Waals surface area contributed by atoms with Gasteiger partial charge in [-0.15, -0.1) is 0 Å². The van der Waals surface area contributed by atoms with E-state index >= 15 is 0 Å². The number of hydrogen-bond acceptors (Lipinski definition) is 2. The minimum absolute atomic E-state index is 0.0346. The lowest BCUT2D eigenvalue weighted by Crippen LogP contribution is -2.51. The van der Waals surface area contributed by atoms with Gasteiger partial charge in [0.2, 0.25) is 5.91 Å². The van der Waals surface area contributed by atoms with E-state index in [1.807, 2.05) is 35.2 Å². The van der Waals surface area contributed by atoms with Crippen molar-refractivity contribution in [3.8, 4) is 0 Å². The summed E-state index contributed by atoms with van der Waals surface area (Å²) in [7, 11) is 0. The van der Waals surface area contributed by atoms with Crippen LogP contribution >= 0.6 is 11.6 Å². The van der Waals surface area contributed by atoms with Crippen molar-refractivity contribution in [3.63, 3.8) is 0 Å². The average molecular weight is 343 g/mol. The average Bonchev–Trinajstić information content (AvgIpc) is 2.62. The Morgan fingerprint density at radius 2 is 1.54 bits per heavy atom. The summed E-state index contributed by atoms with van der Waals surface area (Å²) in [5.41, 5.74) is 1.60. The number of amides is 2. The van der Waals surface area contributed by atoms with Crippen LogP contribution in [0.4, 0.5) is 0 Å². The number of hydrogen-bond donors (Lipinski definition) is 0. The molecule has 1 fully saturated rings. The standard InChI is InChI=1S/C19H19ClN2O2/c20-17-8-4-7-16(14-17)19(24)22-11-9-21(10-12-22)18(23)13-15-5-2-1-3-6-15/h1-8,14H,9-13H2. The molecule has 5 heteroatoms. The van der Waals surface area contributed by atoms with Crippen LogP contribution in [0.2, 0.25) is 5.02 Å². The molecular formula is C19H19ClN2O2. The van der Waals surface area contributed by atoms with Crippen LogP contribution < -0.4 is 0 Å². The largest absolute Gasteiger partial charge is 0.339 e. The normalized spacial score (nSPS) is 14.5. The Labute approximate surface area is 146 Å². The fourth-order valence-electron chi connectivity index (χ4n) is 2.85. The Bertz CT molecular complexity index is 725. The molecule has 3 rings (SSSR count). The van der Waals surface area contributed by atoms with E-state index in [1.54, 1.807) is 29.2 Å². The van der Waals surface area contributed by atoms with Crippen molar-refractivity contribution in [2.75, 3.05) is 26.2 Å². The number of benzene rings is 2. The third-order valence-corrected chi connectivity index (χ3v) is 4.42. The molecule has 4 nitrogen and oxygen atoms in total. The van der Waals surface area contributed by atoms with Gasteiger partial charge in [0.15, 0.2) is 0 Å². The highest BCUT2D eigenvalue weighted by Crippen LogP contribution is 2.14. The fraction of sp³-hybridized carbons (Fsp3) is 0.263. The number of halogens is 1. The molecule has 0 N–H and O–H groups in total. The summed E-state index contributed by atoms with van der Waals surface area (Å²) in [5, 5.41) is 0.553. The maximum atomic E-state index is 12.5. The summed E-state index contributed by atoms with van der Waals surface area (Å²) in [6.07, 6.45) is 0.406. The molecule has 2 aromatic carbocycles. The maximum absolute atomic E-state index is 12.5. The van der Waals surface area contributed by atoms with E-state index in [9.17, 15) is 9.59 Å². The minimum atomic E-state index is -0.0346. The molecule has 2 amide bonds. The topological polar surface area (TPSA) is 40.6 Å². The van der Waals surface area contributed by atoms with E-state index in [-0.39, 0.29) is 11.8 Å². The Morgan fingerprint density at radius 3 is 2.21 bits per heavy atom. The molecule has 1 aliphatic rings. The lowest BCUT2D eigenvalue weighted by Gasteiger charge is -2.35. The first kappa shape index (κ1) is 16.5. The number of carbonyl (C=O) groups is 2. The summed E-state index contributed by atoms with van der Waals surface area (Å²) in [6.45, 7) is 2.23. The third-order valence-electron chi connectivity index (χ3n) is 4.19. The van der Waals surface area contributed by atoms with Crippen molar-refractivity contribution in [1.82, 2.24) is 9.80 Å². The van der Waals surface area contributed by atoms with E-state index in [1.165, 1.54) is 0 Å². The zero-order chi connectivity index (χ0) is 16.9. The molecule has 0 spiro atoms. The van der Waals surface area contributed by atoms with Gasteiger partial charge in [0.25, 0.3) is 5.91 Å². The first-order chi connectivity index (χ1) is 11.6. The van der Waals surface area contributed by atoms with Crippen molar-refractivity contribution in [1.29, 1.82) is 0 Å². The summed E-state index contributed by atoms with van der Waals surface area (Å²) in [5.74, 6) is 0.0729. The Hall–Kier alpha value is -2.33. The fourth-order valence-corrected chi connectivity index (χ4v) is 3.04. The number of piperazine rings is 1. The van der Waals surface area contributed by atoms with Crippen LogP contribution in [0.5, 0.6) is 0 Å². The summed E-state index contributed by atoms with van der Waals surface area (Å²) in [4.78, 5) is 28.5. The molecule has 0 saturated carbocycles. The van der Waals surface area contributed by atoms with Gasteiger partial charge in [-0.2, -0.15) is 0 Å². The van der Waals surface area contributed by atoms with Crippen LogP contribution in [0.1, 0.15) is 15.9 Å². The van der Waals surface area contributed by atoms with Gasteiger partial charge < -0.3 is 9.80 Å². The summed E-state index contributed by atoms with van der Waals surface area (Å²) < 4.78 is 0. The van der Waals surface area contributed by atoms with E-state index < -0.39 is 0 Å². The Kier molecular flexibility index (Phi) is 5.16. The molecule has 0 atom stereocenters. The smallest absolute Gasteiger partial charge is 0.254 e. The molecule has 0 bridgehead atoms. The lowest BCUT2D eigenvalue weighted by molar-refractivity contribution is -0.131. The number of rotatable bonds is 3. The molecule has 124 valence electrons. The van der Waals surface area contributed by atoms with E-state index in [0.29, 0.717) is 43.2 Å². The second-order valence-electron chi connectivity index (χ2n) is 5.85. The Balaban J connectivity index is 1.55.